The molecule has 0 saturated carbocycles. The molecule has 3 heterocycles. The number of carbonyl (C=O) groups is 2. The van der Waals surface area contributed by atoms with E-state index in [2.05, 4.69) is 10.2 Å². The van der Waals surface area contributed by atoms with Gasteiger partial charge in [-0.05, 0) is 13.0 Å². The average molecular weight is 396 g/mol. The molecule has 0 aromatic carbocycles. The van der Waals surface area contributed by atoms with Crippen molar-refractivity contribution in [3.05, 3.63) is 30.4 Å². The van der Waals surface area contributed by atoms with Crippen molar-refractivity contribution in [2.24, 2.45) is 7.05 Å². The highest BCUT2D eigenvalue weighted by molar-refractivity contribution is 7.89. The minimum absolute atomic E-state index is 0.117. The first kappa shape index (κ1) is 19.0. The molecule has 27 heavy (non-hydrogen) atoms. The molecule has 12 heteroatoms. The number of rotatable bonds is 5. The van der Waals surface area contributed by atoms with E-state index >= 15 is 0 Å². The van der Waals surface area contributed by atoms with Crippen molar-refractivity contribution in [2.75, 3.05) is 26.2 Å². The molecule has 1 saturated heterocycles. The number of sulfonamides is 1. The molecule has 1 atom stereocenters. The van der Waals surface area contributed by atoms with E-state index < -0.39 is 22.0 Å². The lowest BCUT2D eigenvalue weighted by atomic mass is 10.3. The molecule has 2 aromatic rings. The van der Waals surface area contributed by atoms with Gasteiger partial charge in [0.1, 0.15) is 16.6 Å². The molecule has 0 aliphatic carbocycles. The van der Waals surface area contributed by atoms with Crippen molar-refractivity contribution in [1.82, 2.24) is 28.8 Å². The summed E-state index contributed by atoms with van der Waals surface area (Å²) in [4.78, 5) is 25.2. The van der Waals surface area contributed by atoms with Crippen molar-refractivity contribution >= 4 is 21.9 Å². The summed E-state index contributed by atoms with van der Waals surface area (Å²) >= 11 is 0. The summed E-state index contributed by atoms with van der Waals surface area (Å²) < 4.78 is 29.1. The average Bonchev–Trinajstić information content (AvgIpc) is 3.30. The molecular formula is C15H20N6O5S. The molecule has 1 fully saturated rings. The summed E-state index contributed by atoms with van der Waals surface area (Å²) in [7, 11) is -2.01. The van der Waals surface area contributed by atoms with Crippen LogP contribution in [-0.4, -0.2) is 80.3 Å². The monoisotopic (exact) mass is 396 g/mol. The van der Waals surface area contributed by atoms with Gasteiger partial charge in [-0.3, -0.25) is 14.2 Å². The molecule has 2 aromatic heterocycles. The van der Waals surface area contributed by atoms with Gasteiger partial charge >= 0.3 is 5.97 Å². The third-order valence-electron chi connectivity index (χ3n) is 4.43. The minimum Gasteiger partial charge on any atom is -0.480 e. The lowest BCUT2D eigenvalue weighted by Gasteiger charge is -2.33. The Balaban J connectivity index is 1.65. The van der Waals surface area contributed by atoms with E-state index in [1.54, 1.807) is 7.05 Å². The number of amides is 1. The van der Waals surface area contributed by atoms with Crippen molar-refractivity contribution in [3.8, 4) is 0 Å². The zero-order chi connectivity index (χ0) is 19.8. The van der Waals surface area contributed by atoms with Crippen LogP contribution in [-0.2, 0) is 21.9 Å². The van der Waals surface area contributed by atoms with E-state index in [1.807, 2.05) is 0 Å². The SMILES string of the molecule is CC(C(=O)O)n1ccc(C(=O)N2CCN(S(=O)(=O)c3cnn(C)c3)CC2)n1. The first-order valence-electron chi connectivity index (χ1n) is 8.26. The van der Waals surface area contributed by atoms with Crippen LogP contribution in [0.15, 0.2) is 29.6 Å². The Labute approximate surface area is 155 Å². The molecule has 1 amide bonds. The highest BCUT2D eigenvalue weighted by atomic mass is 32.2. The van der Waals surface area contributed by atoms with Gasteiger partial charge in [-0.15, -0.1) is 0 Å². The predicted octanol–water partition coefficient (Wildman–Crippen LogP) is -0.591. The summed E-state index contributed by atoms with van der Waals surface area (Å²) in [6.45, 7) is 2.23. The Morgan fingerprint density at radius 3 is 2.44 bits per heavy atom. The summed E-state index contributed by atoms with van der Waals surface area (Å²) in [6, 6.07) is 0.577. The summed E-state index contributed by atoms with van der Waals surface area (Å²) in [5.41, 5.74) is 0.131. The molecule has 0 spiro atoms. The van der Waals surface area contributed by atoms with Crippen LogP contribution < -0.4 is 0 Å². The number of aliphatic carboxylic acids is 1. The third-order valence-corrected chi connectivity index (χ3v) is 6.28. The van der Waals surface area contributed by atoms with Crippen LogP contribution >= 0.6 is 0 Å². The fraction of sp³-hybridized carbons (Fsp3) is 0.467. The van der Waals surface area contributed by atoms with Crippen molar-refractivity contribution < 1.29 is 23.1 Å². The van der Waals surface area contributed by atoms with Crippen LogP contribution in [0.4, 0.5) is 0 Å². The molecular weight excluding hydrogens is 376 g/mol. The molecule has 1 N–H and O–H groups in total. The van der Waals surface area contributed by atoms with E-state index in [-0.39, 0.29) is 42.7 Å². The highest BCUT2D eigenvalue weighted by Gasteiger charge is 2.32. The van der Waals surface area contributed by atoms with Crippen LogP contribution in [0.25, 0.3) is 0 Å². The minimum atomic E-state index is -3.64. The van der Waals surface area contributed by atoms with Crippen molar-refractivity contribution in [1.29, 1.82) is 0 Å². The first-order valence-corrected chi connectivity index (χ1v) is 9.70. The number of carboxylic acids is 1. The first-order chi connectivity index (χ1) is 12.7. The quantitative estimate of drug-likeness (QED) is 0.715. The smallest absolute Gasteiger partial charge is 0.328 e. The molecule has 146 valence electrons. The Morgan fingerprint density at radius 2 is 1.89 bits per heavy atom. The zero-order valence-electron chi connectivity index (χ0n) is 14.9. The molecule has 3 rings (SSSR count). The Morgan fingerprint density at radius 1 is 1.22 bits per heavy atom. The maximum atomic E-state index is 12.6. The largest absolute Gasteiger partial charge is 0.480 e. The van der Waals surface area contributed by atoms with Crippen LogP contribution in [0.5, 0.6) is 0 Å². The van der Waals surface area contributed by atoms with Gasteiger partial charge in [0, 0.05) is 45.6 Å². The second-order valence-electron chi connectivity index (χ2n) is 6.24. The van der Waals surface area contributed by atoms with Gasteiger partial charge in [-0.1, -0.05) is 0 Å². The Bertz CT molecular complexity index is 957. The second kappa shape index (κ2) is 7.12. The topological polar surface area (TPSA) is 131 Å². The van der Waals surface area contributed by atoms with Gasteiger partial charge in [-0.2, -0.15) is 14.5 Å². The summed E-state index contributed by atoms with van der Waals surface area (Å²) in [5, 5.41) is 16.9. The van der Waals surface area contributed by atoms with Crippen LogP contribution in [0.1, 0.15) is 23.5 Å². The Hall–Kier alpha value is -2.73. The fourth-order valence-electron chi connectivity index (χ4n) is 2.76. The zero-order valence-corrected chi connectivity index (χ0v) is 15.7. The van der Waals surface area contributed by atoms with Crippen molar-refractivity contribution in [2.45, 2.75) is 17.9 Å². The van der Waals surface area contributed by atoms with Crippen LogP contribution in [0, 0.1) is 0 Å². The van der Waals surface area contributed by atoms with Gasteiger partial charge < -0.3 is 10.0 Å². The molecule has 1 aliphatic rings. The molecule has 11 nitrogen and oxygen atoms in total. The molecule has 1 aliphatic heterocycles. The number of hydrogen-bond donors (Lipinski definition) is 1. The van der Waals surface area contributed by atoms with Gasteiger partial charge in [0.05, 0.1) is 6.20 Å². The van der Waals surface area contributed by atoms with E-state index in [9.17, 15) is 18.0 Å². The Kier molecular flexibility index (Phi) is 5.02. The highest BCUT2D eigenvalue weighted by Crippen LogP contribution is 2.18. The summed E-state index contributed by atoms with van der Waals surface area (Å²) in [5.74, 6) is -1.41. The maximum absolute atomic E-state index is 12.6. The lowest BCUT2D eigenvalue weighted by Crippen LogP contribution is -2.50. The number of nitrogens with zero attached hydrogens (tertiary/aromatic N) is 6. The second-order valence-corrected chi connectivity index (χ2v) is 8.18. The maximum Gasteiger partial charge on any atom is 0.328 e. The van der Waals surface area contributed by atoms with E-state index in [0.29, 0.717) is 0 Å². The van der Waals surface area contributed by atoms with E-state index in [1.165, 1.54) is 50.1 Å². The number of hydrogen-bond acceptors (Lipinski definition) is 6. The van der Waals surface area contributed by atoms with E-state index in [4.69, 9.17) is 5.11 Å². The number of carbonyl (C=O) groups excluding carboxylic acids is 1. The van der Waals surface area contributed by atoms with E-state index in [0.717, 1.165) is 0 Å². The summed E-state index contributed by atoms with van der Waals surface area (Å²) in [6.07, 6.45) is 4.17. The molecule has 0 bridgehead atoms. The fourth-order valence-corrected chi connectivity index (χ4v) is 4.16. The van der Waals surface area contributed by atoms with Crippen LogP contribution in [0.2, 0.25) is 0 Å². The number of piperazine rings is 1. The van der Waals surface area contributed by atoms with Gasteiger partial charge in [0.2, 0.25) is 10.0 Å². The van der Waals surface area contributed by atoms with Gasteiger partial charge in [0.15, 0.2) is 0 Å². The van der Waals surface area contributed by atoms with Crippen LogP contribution in [0.3, 0.4) is 0 Å². The lowest BCUT2D eigenvalue weighted by molar-refractivity contribution is -0.140. The van der Waals surface area contributed by atoms with Crippen molar-refractivity contribution in [3.63, 3.8) is 0 Å². The normalized spacial score (nSPS) is 17.0. The third kappa shape index (κ3) is 3.71. The predicted molar refractivity (Wildman–Crippen MR) is 92.4 cm³/mol. The standard InChI is InChI=1S/C15H20N6O5S/c1-11(15(23)24)21-4-3-13(17-21)14(22)19-5-7-20(8-6-19)27(25,26)12-9-16-18(2)10-12/h3-4,9-11H,5-8H2,1-2H3,(H,23,24). The molecule has 1 unspecified atom stereocenters. The van der Waals surface area contributed by atoms with Gasteiger partial charge in [-0.25, -0.2) is 13.2 Å². The van der Waals surface area contributed by atoms with Gasteiger partial charge in [0.25, 0.3) is 5.91 Å². The number of aromatic nitrogens is 4. The molecule has 0 radical (unpaired) electrons. The number of carboxylic acid groups (broad SMARTS) is 1. The number of aryl methyl sites for hydroxylation is 1.